The normalized spacial score (nSPS) is 16.5. The van der Waals surface area contributed by atoms with E-state index >= 15 is 0 Å². The lowest BCUT2D eigenvalue weighted by molar-refractivity contribution is -0.135. The Balaban J connectivity index is 1.34. The minimum absolute atomic E-state index is 0.0460. The number of rotatable bonds is 21. The Morgan fingerprint density at radius 2 is 1.65 bits per heavy atom. The van der Waals surface area contributed by atoms with Gasteiger partial charge in [0.25, 0.3) is 0 Å². The fraction of sp³-hybridized carbons (Fsp3) is 0.733. The molecular weight excluding hydrogens is 624 g/mol. The fourth-order valence-electron chi connectivity index (χ4n) is 5.18. The lowest BCUT2D eigenvalue weighted by Gasteiger charge is -2.36. The van der Waals surface area contributed by atoms with Crippen molar-refractivity contribution in [3.8, 4) is 12.3 Å². The molecule has 18 heteroatoms. The zero-order chi connectivity index (χ0) is 34.0. The Morgan fingerprint density at radius 1 is 0.979 bits per heavy atom. The monoisotopic (exact) mass is 674 g/mol. The van der Waals surface area contributed by atoms with Gasteiger partial charge in [-0.05, 0) is 25.8 Å². The van der Waals surface area contributed by atoms with Crippen LogP contribution in [0.4, 0.5) is 17.8 Å². The van der Waals surface area contributed by atoms with Crippen LogP contribution in [0.2, 0.25) is 0 Å². The highest BCUT2D eigenvalue weighted by molar-refractivity contribution is 5.80. The summed E-state index contributed by atoms with van der Waals surface area (Å²) in [4.78, 5) is 34.0. The molecule has 0 unspecified atom stereocenters. The number of morpholine rings is 1. The van der Waals surface area contributed by atoms with E-state index in [1.54, 1.807) is 10.9 Å². The molecule has 2 fully saturated rings. The van der Waals surface area contributed by atoms with Crippen molar-refractivity contribution in [1.29, 1.82) is 0 Å². The Bertz CT molecular complexity index is 1270. The Kier molecular flexibility index (Phi) is 15.9. The number of nitrogens with one attached hydrogen (secondary N) is 1. The maximum absolute atomic E-state index is 13.8. The lowest BCUT2D eigenvalue weighted by Crippen LogP contribution is -2.51. The molecule has 0 saturated carbocycles. The second-order valence-corrected chi connectivity index (χ2v) is 11.3. The van der Waals surface area contributed by atoms with E-state index in [0.29, 0.717) is 129 Å². The molecule has 2 aromatic heterocycles. The molecule has 2 atom stereocenters. The Hall–Kier alpha value is -3.70. The van der Waals surface area contributed by atoms with Crippen molar-refractivity contribution in [3.63, 3.8) is 0 Å². The van der Waals surface area contributed by atoms with Crippen molar-refractivity contribution >= 4 is 23.8 Å². The van der Waals surface area contributed by atoms with Crippen molar-refractivity contribution in [3.05, 3.63) is 11.9 Å². The molecule has 48 heavy (non-hydrogen) atoms. The van der Waals surface area contributed by atoms with Gasteiger partial charge in [-0.3, -0.25) is 4.79 Å². The number of amides is 1. The molecule has 0 spiro atoms. The van der Waals surface area contributed by atoms with Crippen LogP contribution in [0, 0.1) is 12.3 Å². The fourth-order valence-corrected chi connectivity index (χ4v) is 5.18. The zero-order valence-corrected chi connectivity index (χ0v) is 27.6. The summed E-state index contributed by atoms with van der Waals surface area (Å²) >= 11 is 0. The number of aliphatic hydroxyl groups excluding tert-OH is 1. The number of hydrogen-bond donors (Lipinski definition) is 4. The van der Waals surface area contributed by atoms with Crippen LogP contribution in [0.25, 0.3) is 0 Å². The third kappa shape index (κ3) is 11.5. The molecule has 1 amide bonds. The van der Waals surface area contributed by atoms with Gasteiger partial charge >= 0.3 is 0 Å². The molecular formula is C30H50N12O6. The van der Waals surface area contributed by atoms with Gasteiger partial charge in [-0.2, -0.15) is 15.0 Å². The maximum Gasteiger partial charge on any atom is 0.247 e. The van der Waals surface area contributed by atoms with E-state index in [4.69, 9.17) is 46.8 Å². The average Bonchev–Trinajstić information content (AvgIpc) is 3.62. The Labute approximate surface area is 281 Å². The molecule has 2 aliphatic heterocycles. The minimum atomic E-state index is -0.660. The van der Waals surface area contributed by atoms with E-state index in [9.17, 15) is 9.90 Å². The molecule has 0 aliphatic carbocycles. The third-order valence-electron chi connectivity index (χ3n) is 7.88. The summed E-state index contributed by atoms with van der Waals surface area (Å²) in [6.07, 6.45) is 8.92. The first kappa shape index (κ1) is 37.1. The first-order valence-corrected chi connectivity index (χ1v) is 16.5. The van der Waals surface area contributed by atoms with Gasteiger partial charge in [-0.1, -0.05) is 11.1 Å². The zero-order valence-electron chi connectivity index (χ0n) is 27.6. The number of hydrogen-bond acceptors (Lipinski definition) is 16. The summed E-state index contributed by atoms with van der Waals surface area (Å²) in [6.45, 7) is 7.93. The van der Waals surface area contributed by atoms with E-state index in [-0.39, 0.29) is 19.1 Å². The van der Waals surface area contributed by atoms with Gasteiger partial charge in [0.2, 0.25) is 23.8 Å². The Morgan fingerprint density at radius 3 is 2.31 bits per heavy atom. The van der Waals surface area contributed by atoms with Crippen LogP contribution >= 0.6 is 0 Å². The first-order chi connectivity index (χ1) is 23.5. The van der Waals surface area contributed by atoms with E-state index < -0.39 is 12.1 Å². The number of carbonyl (C=O) groups is 1. The van der Waals surface area contributed by atoms with Crippen LogP contribution in [-0.2, 0) is 23.7 Å². The van der Waals surface area contributed by atoms with Gasteiger partial charge in [0, 0.05) is 45.8 Å². The van der Waals surface area contributed by atoms with Gasteiger partial charge in [-0.15, -0.1) is 11.5 Å². The number of anilines is 3. The molecule has 2 saturated heterocycles. The molecule has 4 rings (SSSR count). The summed E-state index contributed by atoms with van der Waals surface area (Å²) in [5.41, 5.74) is 12.1. The van der Waals surface area contributed by atoms with Crippen LogP contribution in [0.3, 0.4) is 0 Å². The summed E-state index contributed by atoms with van der Waals surface area (Å²) < 4.78 is 23.4. The van der Waals surface area contributed by atoms with Gasteiger partial charge in [0.05, 0.1) is 65.1 Å². The second kappa shape index (κ2) is 20.6. The number of nitrogens with two attached hydrogens (primary N) is 2. The van der Waals surface area contributed by atoms with Crippen LogP contribution in [0.5, 0.6) is 0 Å². The van der Waals surface area contributed by atoms with Crippen molar-refractivity contribution in [1.82, 2.24) is 34.8 Å². The van der Waals surface area contributed by atoms with Gasteiger partial charge in [-0.25, -0.2) is 4.68 Å². The molecule has 18 nitrogen and oxygen atoms in total. The van der Waals surface area contributed by atoms with Crippen molar-refractivity contribution < 1.29 is 28.8 Å². The minimum Gasteiger partial charge on any atom is -0.394 e. The number of ether oxygens (including phenoxy) is 4. The molecule has 4 heterocycles. The SMILES string of the molecule is C#CCOCCOCCOCCNc1nc(N2CCOCC2)nc(N2CCN(C(=O)[C@H](CCCCN)n3cc([C@@H](N)CO)nn3)CC2)n1. The van der Waals surface area contributed by atoms with Crippen LogP contribution in [-0.4, -0.2) is 158 Å². The van der Waals surface area contributed by atoms with Crippen molar-refractivity contribution in [2.75, 3.05) is 127 Å². The number of nitrogens with zero attached hydrogens (tertiary/aromatic N) is 9. The number of aromatic nitrogens is 6. The van der Waals surface area contributed by atoms with E-state index in [1.807, 2.05) is 4.90 Å². The molecule has 0 radical (unpaired) electrons. The summed E-state index contributed by atoms with van der Waals surface area (Å²) in [6, 6.07) is -1.20. The number of unbranched alkanes of at least 4 members (excludes halogenated alkanes) is 1. The summed E-state index contributed by atoms with van der Waals surface area (Å²) in [5, 5.41) is 21.0. The third-order valence-corrected chi connectivity index (χ3v) is 7.88. The standard InChI is InChI=1S/C30H50N12O6/c1-2-14-45-18-20-48-21-19-46-15-7-33-28-34-29(36-30(35-28)41-12-16-47-17-13-41)40-10-8-39(9-11-40)27(44)26(5-3-4-6-31)42-22-25(37-38-42)24(32)23-43/h1,22,24,26,43H,3-21,23,31-32H2,(H,33,34,35,36)/t24-,26-/m0/s1. The van der Waals surface area contributed by atoms with Gasteiger partial charge < -0.3 is 55.5 Å². The van der Waals surface area contributed by atoms with E-state index in [1.165, 1.54) is 0 Å². The largest absolute Gasteiger partial charge is 0.394 e. The topological polar surface area (TPSA) is 217 Å². The average molecular weight is 675 g/mol. The number of carbonyl (C=O) groups excluding carboxylic acids is 1. The number of aliphatic hydroxyl groups is 1. The van der Waals surface area contributed by atoms with Crippen LogP contribution in [0.15, 0.2) is 6.20 Å². The quantitative estimate of drug-likeness (QED) is 0.0866. The first-order valence-electron chi connectivity index (χ1n) is 16.5. The maximum atomic E-state index is 13.8. The van der Waals surface area contributed by atoms with Crippen molar-refractivity contribution in [2.45, 2.75) is 31.3 Å². The second-order valence-electron chi connectivity index (χ2n) is 11.3. The highest BCUT2D eigenvalue weighted by atomic mass is 16.5. The smallest absolute Gasteiger partial charge is 0.247 e. The summed E-state index contributed by atoms with van der Waals surface area (Å²) in [7, 11) is 0. The number of terminal acetylenes is 1. The molecule has 2 aliphatic rings. The highest BCUT2D eigenvalue weighted by Gasteiger charge is 2.31. The van der Waals surface area contributed by atoms with Gasteiger partial charge in [0.15, 0.2) is 0 Å². The summed E-state index contributed by atoms with van der Waals surface area (Å²) in [5.74, 6) is 3.94. The lowest BCUT2D eigenvalue weighted by atomic mass is 10.1. The molecule has 0 bridgehead atoms. The van der Waals surface area contributed by atoms with Gasteiger partial charge in [0.1, 0.15) is 18.3 Å². The predicted molar refractivity (Wildman–Crippen MR) is 177 cm³/mol. The highest BCUT2D eigenvalue weighted by Crippen LogP contribution is 2.23. The molecule has 6 N–H and O–H groups in total. The molecule has 2 aromatic rings. The molecule has 0 aromatic carbocycles. The van der Waals surface area contributed by atoms with Crippen LogP contribution in [0.1, 0.15) is 37.0 Å². The van der Waals surface area contributed by atoms with Crippen LogP contribution < -0.4 is 26.6 Å². The predicted octanol–water partition coefficient (Wildman–Crippen LogP) is -1.59. The van der Waals surface area contributed by atoms with E-state index in [0.717, 1.165) is 12.8 Å². The molecule has 266 valence electrons. The van der Waals surface area contributed by atoms with E-state index in [2.05, 4.69) is 36.3 Å². The number of piperazine rings is 1. The van der Waals surface area contributed by atoms with Crippen molar-refractivity contribution in [2.24, 2.45) is 11.5 Å².